The summed E-state index contributed by atoms with van der Waals surface area (Å²) in [4.78, 5) is 29.6. The maximum atomic E-state index is 13.0. The van der Waals surface area contributed by atoms with E-state index in [1.165, 1.54) is 15.7 Å². The zero-order chi connectivity index (χ0) is 20.5. The molecule has 5 rings (SSSR count). The smallest absolute Gasteiger partial charge is 0.408 e. The van der Waals surface area contributed by atoms with Crippen molar-refractivity contribution < 1.29 is 9.21 Å². The SMILES string of the molecule is O=C(Cn1c(=O)oc2ccccc21)N1CCCC(CN2CCc3ccccc3C2)C1. The lowest BCUT2D eigenvalue weighted by Crippen LogP contribution is -2.46. The van der Waals surface area contributed by atoms with E-state index in [-0.39, 0.29) is 12.5 Å². The van der Waals surface area contributed by atoms with E-state index in [1.54, 1.807) is 6.07 Å². The van der Waals surface area contributed by atoms with Crippen LogP contribution in [-0.2, 0) is 24.3 Å². The Morgan fingerprint density at radius 2 is 1.83 bits per heavy atom. The number of rotatable bonds is 4. The third-order valence-electron chi connectivity index (χ3n) is 6.46. The molecular formula is C24H27N3O3. The highest BCUT2D eigenvalue weighted by Crippen LogP contribution is 2.23. The number of hydrogen-bond acceptors (Lipinski definition) is 4. The van der Waals surface area contributed by atoms with Crippen LogP contribution >= 0.6 is 0 Å². The highest BCUT2D eigenvalue weighted by atomic mass is 16.4. The fourth-order valence-corrected chi connectivity index (χ4v) is 4.91. The van der Waals surface area contributed by atoms with Gasteiger partial charge in [0.1, 0.15) is 6.54 Å². The average molecular weight is 405 g/mol. The van der Waals surface area contributed by atoms with Crippen molar-refractivity contribution in [1.82, 2.24) is 14.4 Å². The number of likely N-dealkylation sites (tertiary alicyclic amines) is 1. The van der Waals surface area contributed by atoms with E-state index < -0.39 is 5.76 Å². The van der Waals surface area contributed by atoms with Gasteiger partial charge in [-0.15, -0.1) is 0 Å². The van der Waals surface area contributed by atoms with Crippen molar-refractivity contribution in [3.05, 3.63) is 70.2 Å². The van der Waals surface area contributed by atoms with Crippen LogP contribution in [0.3, 0.4) is 0 Å². The summed E-state index contributed by atoms with van der Waals surface area (Å²) in [6.07, 6.45) is 3.26. The van der Waals surface area contributed by atoms with Crippen molar-refractivity contribution in [1.29, 1.82) is 0 Å². The summed E-state index contributed by atoms with van der Waals surface area (Å²) in [6.45, 7) is 4.67. The topological polar surface area (TPSA) is 58.7 Å². The maximum Gasteiger partial charge on any atom is 0.420 e. The number of nitrogens with zero attached hydrogens (tertiary/aromatic N) is 3. The van der Waals surface area contributed by atoms with Gasteiger partial charge in [0.15, 0.2) is 5.58 Å². The van der Waals surface area contributed by atoms with Gasteiger partial charge in [-0.3, -0.25) is 14.3 Å². The minimum absolute atomic E-state index is 0.00246. The minimum atomic E-state index is -0.468. The van der Waals surface area contributed by atoms with Gasteiger partial charge < -0.3 is 9.32 Å². The molecule has 2 aliphatic rings. The number of benzene rings is 2. The minimum Gasteiger partial charge on any atom is -0.408 e. The van der Waals surface area contributed by atoms with Gasteiger partial charge in [0, 0.05) is 32.7 Å². The first kappa shape index (κ1) is 19.1. The van der Waals surface area contributed by atoms with Gasteiger partial charge in [-0.25, -0.2) is 4.79 Å². The summed E-state index contributed by atoms with van der Waals surface area (Å²) < 4.78 is 6.71. The molecule has 1 fully saturated rings. The van der Waals surface area contributed by atoms with E-state index in [2.05, 4.69) is 29.2 Å². The van der Waals surface area contributed by atoms with Gasteiger partial charge in [-0.2, -0.15) is 0 Å². The zero-order valence-electron chi connectivity index (χ0n) is 17.1. The molecule has 6 nitrogen and oxygen atoms in total. The van der Waals surface area contributed by atoms with Gasteiger partial charge in [0.05, 0.1) is 5.52 Å². The molecule has 1 atom stereocenters. The Balaban J connectivity index is 1.23. The number of para-hydroxylation sites is 2. The molecule has 3 aromatic rings. The predicted molar refractivity (Wildman–Crippen MR) is 115 cm³/mol. The predicted octanol–water partition coefficient (Wildman–Crippen LogP) is 2.89. The van der Waals surface area contributed by atoms with Crippen LogP contribution in [-0.4, -0.2) is 46.5 Å². The van der Waals surface area contributed by atoms with Crippen molar-refractivity contribution >= 4 is 17.0 Å². The number of piperidine rings is 1. The molecule has 1 aromatic heterocycles. The second-order valence-electron chi connectivity index (χ2n) is 8.52. The van der Waals surface area contributed by atoms with Crippen LogP contribution < -0.4 is 5.76 Å². The maximum absolute atomic E-state index is 13.0. The number of fused-ring (bicyclic) bond motifs is 2. The molecule has 1 saturated heterocycles. The van der Waals surface area contributed by atoms with Crippen LogP contribution in [0.15, 0.2) is 57.7 Å². The number of amides is 1. The Bertz CT molecular complexity index is 1120. The van der Waals surface area contributed by atoms with Gasteiger partial charge in [0.2, 0.25) is 5.91 Å². The molecule has 30 heavy (non-hydrogen) atoms. The number of carbonyl (C=O) groups is 1. The summed E-state index contributed by atoms with van der Waals surface area (Å²) in [5, 5.41) is 0. The Hall–Kier alpha value is -2.86. The number of aromatic nitrogens is 1. The summed E-state index contributed by atoms with van der Waals surface area (Å²) in [5.41, 5.74) is 4.10. The Morgan fingerprint density at radius 3 is 2.73 bits per heavy atom. The summed E-state index contributed by atoms with van der Waals surface area (Å²) >= 11 is 0. The molecule has 0 bridgehead atoms. The van der Waals surface area contributed by atoms with E-state index in [9.17, 15) is 9.59 Å². The van der Waals surface area contributed by atoms with Crippen molar-refractivity contribution in [2.75, 3.05) is 26.2 Å². The van der Waals surface area contributed by atoms with Crippen LogP contribution in [0, 0.1) is 5.92 Å². The van der Waals surface area contributed by atoms with Crippen molar-refractivity contribution in [3.63, 3.8) is 0 Å². The molecule has 0 saturated carbocycles. The monoisotopic (exact) mass is 405 g/mol. The lowest BCUT2D eigenvalue weighted by atomic mass is 9.94. The van der Waals surface area contributed by atoms with Crippen LogP contribution in [0.2, 0.25) is 0 Å². The number of oxazole rings is 1. The first-order valence-electron chi connectivity index (χ1n) is 10.8. The van der Waals surface area contributed by atoms with Gasteiger partial charge in [-0.05, 0) is 48.4 Å². The molecule has 1 amide bonds. The molecule has 0 aliphatic carbocycles. The van der Waals surface area contributed by atoms with Gasteiger partial charge in [0.25, 0.3) is 0 Å². The number of carbonyl (C=O) groups excluding carboxylic acids is 1. The second-order valence-corrected chi connectivity index (χ2v) is 8.52. The van der Waals surface area contributed by atoms with E-state index in [0.29, 0.717) is 17.0 Å². The average Bonchev–Trinajstić information content (AvgIpc) is 3.09. The third kappa shape index (κ3) is 3.79. The molecule has 3 heterocycles. The molecule has 156 valence electrons. The van der Waals surface area contributed by atoms with Crippen molar-refractivity contribution in [2.45, 2.75) is 32.4 Å². The van der Waals surface area contributed by atoms with Crippen molar-refractivity contribution in [2.24, 2.45) is 5.92 Å². The first-order chi connectivity index (χ1) is 14.7. The molecular weight excluding hydrogens is 378 g/mol. The van der Waals surface area contributed by atoms with Crippen LogP contribution in [0.1, 0.15) is 24.0 Å². The molecule has 2 aliphatic heterocycles. The Kier molecular flexibility index (Phi) is 5.17. The van der Waals surface area contributed by atoms with Gasteiger partial charge in [-0.1, -0.05) is 36.4 Å². The molecule has 1 unspecified atom stereocenters. The normalized spacial score (nSPS) is 19.7. The summed E-state index contributed by atoms with van der Waals surface area (Å²) in [7, 11) is 0. The van der Waals surface area contributed by atoms with Crippen LogP contribution in [0.25, 0.3) is 11.1 Å². The zero-order valence-corrected chi connectivity index (χ0v) is 17.1. The second kappa shape index (κ2) is 8.11. The molecule has 0 spiro atoms. The first-order valence-corrected chi connectivity index (χ1v) is 10.8. The fraction of sp³-hybridized carbons (Fsp3) is 0.417. The van der Waals surface area contributed by atoms with Crippen LogP contribution in [0.5, 0.6) is 0 Å². The summed E-state index contributed by atoms with van der Waals surface area (Å²) in [6, 6.07) is 15.9. The van der Waals surface area contributed by atoms with Crippen molar-refractivity contribution in [3.8, 4) is 0 Å². The largest absolute Gasteiger partial charge is 0.420 e. The van der Waals surface area contributed by atoms with E-state index in [0.717, 1.165) is 52.0 Å². The van der Waals surface area contributed by atoms with E-state index >= 15 is 0 Å². The quantitative estimate of drug-likeness (QED) is 0.670. The molecule has 6 heteroatoms. The van der Waals surface area contributed by atoms with E-state index in [4.69, 9.17) is 4.42 Å². The Labute approximate surface area is 175 Å². The fourth-order valence-electron chi connectivity index (χ4n) is 4.91. The summed E-state index contributed by atoms with van der Waals surface area (Å²) in [5.74, 6) is 0.00760. The lowest BCUT2D eigenvalue weighted by molar-refractivity contribution is -0.133. The van der Waals surface area contributed by atoms with Crippen LogP contribution in [0.4, 0.5) is 0 Å². The Morgan fingerprint density at radius 1 is 1.03 bits per heavy atom. The van der Waals surface area contributed by atoms with Gasteiger partial charge >= 0.3 is 5.76 Å². The highest BCUT2D eigenvalue weighted by molar-refractivity contribution is 5.79. The molecule has 0 N–H and O–H groups in total. The highest BCUT2D eigenvalue weighted by Gasteiger charge is 2.27. The molecule has 2 aromatic carbocycles. The molecule has 0 radical (unpaired) electrons. The lowest BCUT2D eigenvalue weighted by Gasteiger charge is -2.37. The standard InChI is InChI=1S/C24H27N3O3/c28-23(17-27-21-9-3-4-10-22(21)30-24(27)29)26-12-5-6-18(15-26)14-25-13-11-19-7-1-2-8-20(19)16-25/h1-4,7-10,18H,5-6,11-17H2. The number of hydrogen-bond donors (Lipinski definition) is 0. The third-order valence-corrected chi connectivity index (χ3v) is 6.46. The van der Waals surface area contributed by atoms with E-state index in [1.807, 2.05) is 23.1 Å².